The van der Waals surface area contributed by atoms with E-state index in [0.717, 1.165) is 5.69 Å². The third-order valence-corrected chi connectivity index (χ3v) is 4.63. The molecule has 0 aromatic carbocycles. The predicted molar refractivity (Wildman–Crippen MR) is 76.1 cm³/mol. The van der Waals surface area contributed by atoms with Gasteiger partial charge in [0.1, 0.15) is 0 Å². The molecule has 1 heterocycles. The number of aromatic nitrogens is 2. The summed E-state index contributed by atoms with van der Waals surface area (Å²) in [4.78, 5) is 0. The zero-order valence-corrected chi connectivity index (χ0v) is 13.0. The standard InChI is InChI=1S/C14H21ClF3N3/c1-8(2)21-13(11(15)7-20-21)12(19)9-3-5-10(6-4-9)14(16,17)18/h7-10,12H,3-6,19H2,1-2H3. The van der Waals surface area contributed by atoms with Crippen LogP contribution in [0.25, 0.3) is 0 Å². The number of rotatable bonds is 3. The Balaban J connectivity index is 2.09. The Bertz CT molecular complexity index is 476. The summed E-state index contributed by atoms with van der Waals surface area (Å²) in [6.45, 7) is 3.94. The Kier molecular flexibility index (Phi) is 4.88. The molecular weight excluding hydrogens is 303 g/mol. The Morgan fingerprint density at radius 2 is 1.86 bits per heavy atom. The van der Waals surface area contributed by atoms with Gasteiger partial charge in [0.25, 0.3) is 0 Å². The summed E-state index contributed by atoms with van der Waals surface area (Å²) in [5, 5.41) is 4.70. The minimum atomic E-state index is -4.09. The van der Waals surface area contributed by atoms with E-state index in [1.165, 1.54) is 0 Å². The number of nitrogens with two attached hydrogens (primary N) is 1. The molecule has 1 fully saturated rings. The van der Waals surface area contributed by atoms with Gasteiger partial charge in [-0.25, -0.2) is 0 Å². The lowest BCUT2D eigenvalue weighted by Gasteiger charge is -2.33. The lowest BCUT2D eigenvalue weighted by Crippen LogP contribution is -2.33. The number of nitrogens with zero attached hydrogens (tertiary/aromatic N) is 2. The first kappa shape index (κ1) is 16.6. The smallest absolute Gasteiger partial charge is 0.322 e. The van der Waals surface area contributed by atoms with Gasteiger partial charge in [0.15, 0.2) is 0 Å². The van der Waals surface area contributed by atoms with Crippen molar-refractivity contribution in [3.8, 4) is 0 Å². The van der Waals surface area contributed by atoms with E-state index in [1.807, 2.05) is 13.8 Å². The highest BCUT2D eigenvalue weighted by Gasteiger charge is 2.42. The zero-order valence-electron chi connectivity index (χ0n) is 12.2. The van der Waals surface area contributed by atoms with Crippen LogP contribution in [0.1, 0.15) is 57.3 Å². The SMILES string of the molecule is CC(C)n1ncc(Cl)c1C(N)C1CCC(C(F)(F)F)CC1. The third-order valence-electron chi connectivity index (χ3n) is 4.33. The quantitative estimate of drug-likeness (QED) is 0.891. The molecule has 1 aliphatic rings. The Morgan fingerprint density at radius 3 is 2.33 bits per heavy atom. The molecule has 0 radical (unpaired) electrons. The molecule has 0 bridgehead atoms. The Morgan fingerprint density at radius 1 is 1.29 bits per heavy atom. The molecule has 2 rings (SSSR count). The van der Waals surface area contributed by atoms with Crippen LogP contribution in [0.5, 0.6) is 0 Å². The van der Waals surface area contributed by atoms with Gasteiger partial charge in [-0.05, 0) is 45.4 Å². The summed E-state index contributed by atoms with van der Waals surface area (Å²) in [5.41, 5.74) is 7.02. The molecule has 0 spiro atoms. The lowest BCUT2D eigenvalue weighted by atomic mass is 9.77. The predicted octanol–water partition coefficient (Wildman–Crippen LogP) is 4.49. The lowest BCUT2D eigenvalue weighted by molar-refractivity contribution is -0.184. The van der Waals surface area contributed by atoms with Crippen LogP contribution in [0.4, 0.5) is 13.2 Å². The van der Waals surface area contributed by atoms with Gasteiger partial charge >= 0.3 is 6.18 Å². The van der Waals surface area contributed by atoms with Gasteiger partial charge < -0.3 is 5.73 Å². The van der Waals surface area contributed by atoms with Gasteiger partial charge in [0, 0.05) is 6.04 Å². The van der Waals surface area contributed by atoms with E-state index in [9.17, 15) is 13.2 Å². The van der Waals surface area contributed by atoms with Crippen molar-refractivity contribution in [1.82, 2.24) is 9.78 Å². The van der Waals surface area contributed by atoms with Crippen molar-refractivity contribution in [1.29, 1.82) is 0 Å². The highest BCUT2D eigenvalue weighted by Crippen LogP contribution is 2.43. The van der Waals surface area contributed by atoms with Gasteiger partial charge in [-0.15, -0.1) is 0 Å². The molecule has 1 aromatic heterocycles. The fourth-order valence-corrected chi connectivity index (χ4v) is 3.36. The van der Waals surface area contributed by atoms with Crippen molar-refractivity contribution in [2.45, 2.75) is 57.8 Å². The fourth-order valence-electron chi connectivity index (χ4n) is 3.10. The van der Waals surface area contributed by atoms with Gasteiger partial charge in [-0.3, -0.25) is 4.68 Å². The molecule has 3 nitrogen and oxygen atoms in total. The van der Waals surface area contributed by atoms with Crippen molar-refractivity contribution in [2.75, 3.05) is 0 Å². The van der Waals surface area contributed by atoms with Crippen molar-refractivity contribution in [3.63, 3.8) is 0 Å². The zero-order chi connectivity index (χ0) is 15.8. The van der Waals surface area contributed by atoms with Crippen LogP contribution in [-0.2, 0) is 0 Å². The molecule has 1 atom stereocenters. The number of hydrogen-bond donors (Lipinski definition) is 1. The van der Waals surface area contributed by atoms with Crippen molar-refractivity contribution in [2.24, 2.45) is 17.6 Å². The molecule has 1 aliphatic carbocycles. The molecule has 0 aliphatic heterocycles. The van der Waals surface area contributed by atoms with Crippen LogP contribution < -0.4 is 5.73 Å². The monoisotopic (exact) mass is 323 g/mol. The summed E-state index contributed by atoms with van der Waals surface area (Å²) >= 11 is 6.16. The summed E-state index contributed by atoms with van der Waals surface area (Å²) in [5.74, 6) is -1.17. The van der Waals surface area contributed by atoms with E-state index in [0.29, 0.717) is 17.9 Å². The second-order valence-electron chi connectivity index (χ2n) is 6.10. The number of alkyl halides is 3. The largest absolute Gasteiger partial charge is 0.391 e. The fraction of sp³-hybridized carbons (Fsp3) is 0.786. The van der Waals surface area contributed by atoms with Crippen molar-refractivity contribution in [3.05, 3.63) is 16.9 Å². The molecule has 1 aromatic rings. The first-order chi connectivity index (χ1) is 9.71. The van der Waals surface area contributed by atoms with Crippen LogP contribution in [0, 0.1) is 11.8 Å². The maximum Gasteiger partial charge on any atom is 0.391 e. The summed E-state index contributed by atoms with van der Waals surface area (Å²) in [6.07, 6.45) is -1.29. The van der Waals surface area contributed by atoms with Gasteiger partial charge in [-0.2, -0.15) is 18.3 Å². The second kappa shape index (κ2) is 6.16. The van der Waals surface area contributed by atoms with Crippen LogP contribution >= 0.6 is 11.6 Å². The van der Waals surface area contributed by atoms with E-state index in [1.54, 1.807) is 10.9 Å². The highest BCUT2D eigenvalue weighted by atomic mass is 35.5. The Hall–Kier alpha value is -0.750. The molecule has 7 heteroatoms. The second-order valence-corrected chi connectivity index (χ2v) is 6.50. The van der Waals surface area contributed by atoms with Crippen molar-refractivity contribution < 1.29 is 13.2 Å². The van der Waals surface area contributed by atoms with E-state index in [2.05, 4.69) is 5.10 Å². The summed E-state index contributed by atoms with van der Waals surface area (Å²) in [6, 6.07) is -0.248. The molecule has 120 valence electrons. The first-order valence-electron chi connectivity index (χ1n) is 7.27. The maximum atomic E-state index is 12.7. The number of halogens is 4. The number of hydrogen-bond acceptors (Lipinski definition) is 2. The van der Waals surface area contributed by atoms with E-state index in [4.69, 9.17) is 17.3 Å². The minimum absolute atomic E-state index is 0.0234. The highest BCUT2D eigenvalue weighted by molar-refractivity contribution is 6.31. The summed E-state index contributed by atoms with van der Waals surface area (Å²) < 4.78 is 39.9. The first-order valence-corrected chi connectivity index (χ1v) is 7.64. The average Bonchev–Trinajstić information content (AvgIpc) is 2.79. The molecule has 21 heavy (non-hydrogen) atoms. The molecule has 1 unspecified atom stereocenters. The van der Waals surface area contributed by atoms with Crippen LogP contribution in [0.2, 0.25) is 5.02 Å². The van der Waals surface area contributed by atoms with E-state index in [-0.39, 0.29) is 30.8 Å². The maximum absolute atomic E-state index is 12.7. The third kappa shape index (κ3) is 3.54. The van der Waals surface area contributed by atoms with Crippen LogP contribution in [-0.4, -0.2) is 16.0 Å². The van der Waals surface area contributed by atoms with Gasteiger partial charge in [0.2, 0.25) is 0 Å². The summed E-state index contributed by atoms with van der Waals surface area (Å²) in [7, 11) is 0. The molecule has 2 N–H and O–H groups in total. The molecule has 0 amide bonds. The van der Waals surface area contributed by atoms with E-state index < -0.39 is 12.1 Å². The van der Waals surface area contributed by atoms with Gasteiger partial charge in [-0.1, -0.05) is 11.6 Å². The Labute approximate surface area is 127 Å². The average molecular weight is 324 g/mol. The van der Waals surface area contributed by atoms with Crippen LogP contribution in [0.3, 0.4) is 0 Å². The van der Waals surface area contributed by atoms with Crippen LogP contribution in [0.15, 0.2) is 6.20 Å². The molecular formula is C14H21ClF3N3. The van der Waals surface area contributed by atoms with E-state index >= 15 is 0 Å². The molecule has 0 saturated heterocycles. The minimum Gasteiger partial charge on any atom is -0.322 e. The molecule has 1 saturated carbocycles. The topological polar surface area (TPSA) is 43.8 Å². The van der Waals surface area contributed by atoms with Gasteiger partial charge in [0.05, 0.1) is 28.9 Å². The normalized spacial score (nSPS) is 25.3. The van der Waals surface area contributed by atoms with Crippen molar-refractivity contribution >= 4 is 11.6 Å².